The Morgan fingerprint density at radius 2 is 1.57 bits per heavy atom. The van der Waals surface area contributed by atoms with Gasteiger partial charge in [-0.05, 0) is 48.2 Å². The Bertz CT molecular complexity index is 1670. The lowest BCUT2D eigenvalue weighted by Crippen LogP contribution is -2.32. The summed E-state index contributed by atoms with van der Waals surface area (Å²) in [6.07, 6.45) is 3.38. The van der Waals surface area contributed by atoms with E-state index in [2.05, 4.69) is 10.3 Å². The number of aliphatic hydroxyl groups is 1. The molecule has 1 heterocycles. The van der Waals surface area contributed by atoms with Crippen LogP contribution in [-0.4, -0.2) is 52.0 Å². The number of benzene rings is 3. The van der Waals surface area contributed by atoms with Crippen molar-refractivity contribution in [2.45, 2.75) is 32.1 Å². The van der Waals surface area contributed by atoms with Crippen molar-refractivity contribution in [2.24, 2.45) is 0 Å². The van der Waals surface area contributed by atoms with Crippen molar-refractivity contribution in [3.05, 3.63) is 89.6 Å². The van der Waals surface area contributed by atoms with E-state index in [1.54, 1.807) is 30.5 Å². The van der Waals surface area contributed by atoms with Gasteiger partial charge in [0.25, 0.3) is 0 Å². The van der Waals surface area contributed by atoms with E-state index in [-0.39, 0.29) is 36.4 Å². The van der Waals surface area contributed by atoms with Gasteiger partial charge in [-0.1, -0.05) is 48.5 Å². The van der Waals surface area contributed by atoms with Gasteiger partial charge in [-0.2, -0.15) is 16.8 Å². The first-order valence-electron chi connectivity index (χ1n) is 12.5. The lowest BCUT2D eigenvalue weighted by Gasteiger charge is -2.19. The summed E-state index contributed by atoms with van der Waals surface area (Å²) in [5.74, 6) is 0.463. The average molecular weight is 589 g/mol. The Kier molecular flexibility index (Phi) is 9.04. The van der Waals surface area contributed by atoms with Crippen LogP contribution in [0.25, 0.3) is 10.9 Å². The largest absolute Gasteiger partial charge is 0.485 e. The van der Waals surface area contributed by atoms with Gasteiger partial charge in [-0.3, -0.25) is 0 Å². The molecule has 4 rings (SSSR count). The van der Waals surface area contributed by atoms with E-state index >= 15 is 0 Å². The Morgan fingerprint density at radius 3 is 2.27 bits per heavy atom. The Hall–Kier alpha value is -3.58. The summed E-state index contributed by atoms with van der Waals surface area (Å²) in [7, 11) is -7.50. The van der Waals surface area contributed by atoms with Gasteiger partial charge in [0, 0.05) is 24.2 Å². The molecule has 2 atom stereocenters. The molecular formula is C28H32N2O8S2. The topological polar surface area (TPSA) is 144 Å². The number of aliphatic hydroxyl groups excluding tert-OH is 1. The van der Waals surface area contributed by atoms with E-state index in [4.69, 9.17) is 13.1 Å². The number of rotatable bonds is 13. The van der Waals surface area contributed by atoms with E-state index in [0.717, 1.165) is 29.0 Å². The van der Waals surface area contributed by atoms with Gasteiger partial charge < -0.3 is 28.5 Å². The fourth-order valence-corrected chi connectivity index (χ4v) is 5.15. The van der Waals surface area contributed by atoms with Crippen molar-refractivity contribution in [1.82, 2.24) is 10.3 Å². The van der Waals surface area contributed by atoms with Crippen LogP contribution in [0.1, 0.15) is 29.7 Å². The lowest BCUT2D eigenvalue weighted by atomic mass is 10.0. The smallest absolute Gasteiger partial charge is 0.306 e. The fraction of sp³-hybridized carbons (Fsp3) is 0.286. The van der Waals surface area contributed by atoms with Crippen LogP contribution < -0.4 is 18.4 Å². The monoisotopic (exact) mass is 588 g/mol. The Labute approximate surface area is 234 Å². The van der Waals surface area contributed by atoms with Crippen LogP contribution in [0.4, 0.5) is 0 Å². The number of ether oxygens (including phenoxy) is 1. The van der Waals surface area contributed by atoms with Gasteiger partial charge in [0.15, 0.2) is 17.2 Å². The molecule has 10 nitrogen and oxygen atoms in total. The van der Waals surface area contributed by atoms with Gasteiger partial charge >= 0.3 is 20.2 Å². The van der Waals surface area contributed by atoms with Crippen LogP contribution in [0.2, 0.25) is 0 Å². The third-order valence-corrected chi connectivity index (χ3v) is 6.99. The maximum Gasteiger partial charge on any atom is 0.306 e. The molecule has 0 fully saturated rings. The third kappa shape index (κ3) is 8.21. The van der Waals surface area contributed by atoms with Gasteiger partial charge in [-0.25, -0.2) is 0 Å². The molecule has 4 aromatic rings. The molecule has 0 spiro atoms. The number of nitrogens with one attached hydrogen (secondary N) is 2. The second kappa shape index (κ2) is 12.3. The van der Waals surface area contributed by atoms with E-state index in [0.29, 0.717) is 17.5 Å². The standard InChI is InChI=1S/C28H32N2O8S2/c1-19(14-22-16-30-28-23(22)10-7-11-26(28)37-39(2,32)33)29-17-24(31)21-12-13-25(27(15-21)38-40(3,34)35)36-18-20-8-5-4-6-9-20/h4-13,15-16,19,24,29-31H,14,17-18H2,1-3H3/t19-,24+/m1/s1. The highest BCUT2D eigenvalue weighted by molar-refractivity contribution is 7.86. The molecule has 0 saturated heterocycles. The number of para-hydroxylation sites is 1. The molecule has 0 saturated carbocycles. The van der Waals surface area contributed by atoms with Gasteiger partial charge in [0.1, 0.15) is 6.61 Å². The predicted molar refractivity (Wildman–Crippen MR) is 153 cm³/mol. The summed E-state index contributed by atoms with van der Waals surface area (Å²) >= 11 is 0. The molecule has 214 valence electrons. The quantitative estimate of drug-likeness (QED) is 0.199. The zero-order chi connectivity index (χ0) is 28.9. The van der Waals surface area contributed by atoms with Crippen LogP contribution in [0.5, 0.6) is 17.2 Å². The van der Waals surface area contributed by atoms with Crippen molar-refractivity contribution < 1.29 is 35.0 Å². The van der Waals surface area contributed by atoms with Crippen molar-refractivity contribution in [2.75, 3.05) is 19.1 Å². The number of aromatic nitrogens is 1. The molecule has 0 radical (unpaired) electrons. The number of aromatic amines is 1. The summed E-state index contributed by atoms with van der Waals surface area (Å²) in [4.78, 5) is 3.08. The van der Waals surface area contributed by atoms with E-state index < -0.39 is 26.3 Å². The molecule has 0 unspecified atom stereocenters. The van der Waals surface area contributed by atoms with E-state index in [9.17, 15) is 21.9 Å². The van der Waals surface area contributed by atoms with Gasteiger partial charge in [0.05, 0.1) is 24.1 Å². The second-order valence-electron chi connectivity index (χ2n) is 9.58. The molecule has 0 aliphatic carbocycles. The maximum absolute atomic E-state index is 11.9. The molecule has 3 N–H and O–H groups in total. The van der Waals surface area contributed by atoms with Crippen LogP contribution in [0.3, 0.4) is 0 Å². The highest BCUT2D eigenvalue weighted by atomic mass is 32.2. The SMILES string of the molecule is C[C@H](Cc1c[nH]c2c(OS(C)(=O)=O)cccc12)NC[C@H](O)c1ccc(OCc2ccccc2)c(OS(C)(=O)=O)c1. The maximum atomic E-state index is 11.9. The molecule has 0 bridgehead atoms. The van der Waals surface area contributed by atoms with Crippen LogP contribution in [0, 0.1) is 0 Å². The van der Waals surface area contributed by atoms with Gasteiger partial charge in [0.2, 0.25) is 0 Å². The molecule has 1 aromatic heterocycles. The molecule has 40 heavy (non-hydrogen) atoms. The van der Waals surface area contributed by atoms with Crippen molar-refractivity contribution in [3.8, 4) is 17.2 Å². The fourth-order valence-electron chi connectivity index (χ4n) is 4.23. The van der Waals surface area contributed by atoms with Crippen molar-refractivity contribution >= 4 is 31.1 Å². The minimum atomic E-state index is -3.83. The second-order valence-corrected chi connectivity index (χ2v) is 12.7. The first kappa shape index (κ1) is 29.4. The van der Waals surface area contributed by atoms with Crippen molar-refractivity contribution in [1.29, 1.82) is 0 Å². The summed E-state index contributed by atoms with van der Waals surface area (Å²) in [5, 5.41) is 15.0. The number of hydrogen-bond donors (Lipinski definition) is 3. The first-order valence-corrected chi connectivity index (χ1v) is 16.1. The number of fused-ring (bicyclic) bond motifs is 1. The predicted octanol–water partition coefficient (Wildman–Crippen LogP) is 3.68. The number of hydrogen-bond acceptors (Lipinski definition) is 9. The van der Waals surface area contributed by atoms with Gasteiger partial charge in [-0.15, -0.1) is 0 Å². The average Bonchev–Trinajstić information content (AvgIpc) is 3.29. The number of H-pyrrole nitrogens is 1. The lowest BCUT2D eigenvalue weighted by molar-refractivity contribution is 0.170. The minimum absolute atomic E-state index is 0.00561. The molecule has 0 amide bonds. The van der Waals surface area contributed by atoms with Crippen LogP contribution in [-0.2, 0) is 33.3 Å². The minimum Gasteiger partial charge on any atom is -0.485 e. The normalized spacial score (nSPS) is 13.6. The molecular weight excluding hydrogens is 556 g/mol. The Morgan fingerprint density at radius 1 is 0.875 bits per heavy atom. The molecule has 0 aliphatic rings. The van der Waals surface area contributed by atoms with Crippen LogP contribution >= 0.6 is 0 Å². The zero-order valence-electron chi connectivity index (χ0n) is 22.3. The first-order chi connectivity index (χ1) is 18.9. The summed E-state index contributed by atoms with van der Waals surface area (Å²) in [6.45, 7) is 2.37. The summed E-state index contributed by atoms with van der Waals surface area (Å²) in [6, 6.07) is 19.3. The third-order valence-electron chi connectivity index (χ3n) is 6.02. The Balaban J connectivity index is 1.42. The van der Waals surface area contributed by atoms with Crippen LogP contribution in [0.15, 0.2) is 72.9 Å². The highest BCUT2D eigenvalue weighted by Crippen LogP contribution is 2.33. The molecule has 3 aromatic carbocycles. The van der Waals surface area contributed by atoms with E-state index in [1.165, 1.54) is 6.07 Å². The summed E-state index contributed by atoms with van der Waals surface area (Å²) < 4.78 is 62.9. The highest BCUT2D eigenvalue weighted by Gasteiger charge is 2.18. The summed E-state index contributed by atoms with van der Waals surface area (Å²) in [5.41, 5.74) is 2.90. The molecule has 12 heteroatoms. The zero-order valence-corrected chi connectivity index (χ0v) is 24.0. The molecule has 0 aliphatic heterocycles. The van der Waals surface area contributed by atoms with Crippen molar-refractivity contribution in [3.63, 3.8) is 0 Å². The van der Waals surface area contributed by atoms with E-state index in [1.807, 2.05) is 43.3 Å².